The Morgan fingerprint density at radius 1 is 1.45 bits per heavy atom. The summed E-state index contributed by atoms with van der Waals surface area (Å²) in [5.41, 5.74) is 1.45. The molecule has 1 atom stereocenters. The molecule has 20 heavy (non-hydrogen) atoms. The Morgan fingerprint density at radius 2 is 2.05 bits per heavy atom. The van der Waals surface area contributed by atoms with Crippen LogP contribution in [0, 0.1) is 5.82 Å². The van der Waals surface area contributed by atoms with Crippen molar-refractivity contribution >= 4 is 27.5 Å². The molecule has 110 valence electrons. The second-order valence-electron chi connectivity index (χ2n) is 6.73. The molecule has 2 rings (SSSR count). The molecule has 0 aromatic heterocycles. The van der Waals surface area contributed by atoms with Crippen molar-refractivity contribution in [2.24, 2.45) is 0 Å². The molecule has 0 saturated heterocycles. The number of carbonyl (C=O) groups excluding carboxylic acids is 1. The molecule has 0 unspecified atom stereocenters. The SMILES string of the molecule is C[C@H]1CC(C)(C)N(C(=O)C(C)(C)Br)c2ccc(F)cc21. The zero-order valence-corrected chi connectivity index (χ0v) is 14.2. The summed E-state index contributed by atoms with van der Waals surface area (Å²) in [6, 6.07) is 4.70. The Labute approximate surface area is 128 Å². The molecule has 0 bridgehead atoms. The summed E-state index contributed by atoms with van der Waals surface area (Å²) in [6.45, 7) is 9.89. The molecule has 4 heteroatoms. The Hall–Kier alpha value is -0.900. The lowest BCUT2D eigenvalue weighted by Gasteiger charge is -2.47. The monoisotopic (exact) mass is 341 g/mol. The lowest BCUT2D eigenvalue weighted by Crippen LogP contribution is -2.56. The molecule has 1 aliphatic heterocycles. The first kappa shape index (κ1) is 15.5. The zero-order valence-electron chi connectivity index (χ0n) is 12.6. The lowest BCUT2D eigenvalue weighted by atomic mass is 9.79. The molecule has 0 aliphatic carbocycles. The zero-order chi connectivity index (χ0) is 15.3. The fourth-order valence-corrected chi connectivity index (χ4v) is 3.23. The summed E-state index contributed by atoms with van der Waals surface area (Å²) in [5, 5.41) is 0. The van der Waals surface area contributed by atoms with Gasteiger partial charge in [-0.1, -0.05) is 22.9 Å². The molecule has 1 aliphatic rings. The van der Waals surface area contributed by atoms with Crippen LogP contribution in [0.4, 0.5) is 10.1 Å². The number of amides is 1. The Balaban J connectivity index is 2.60. The van der Waals surface area contributed by atoms with E-state index in [9.17, 15) is 9.18 Å². The first-order chi connectivity index (χ1) is 9.04. The van der Waals surface area contributed by atoms with Crippen LogP contribution in [-0.2, 0) is 4.79 Å². The van der Waals surface area contributed by atoms with Gasteiger partial charge in [-0.2, -0.15) is 0 Å². The minimum Gasteiger partial charge on any atom is -0.305 e. The number of benzene rings is 1. The quantitative estimate of drug-likeness (QED) is 0.682. The molecule has 0 radical (unpaired) electrons. The van der Waals surface area contributed by atoms with Gasteiger partial charge in [-0.15, -0.1) is 0 Å². The predicted molar refractivity (Wildman–Crippen MR) is 84.0 cm³/mol. The first-order valence-corrected chi connectivity index (χ1v) is 7.66. The second-order valence-corrected chi connectivity index (χ2v) is 8.72. The maximum absolute atomic E-state index is 13.5. The number of carbonyl (C=O) groups is 1. The Kier molecular flexibility index (Phi) is 3.74. The average molecular weight is 342 g/mol. The van der Waals surface area contributed by atoms with E-state index in [2.05, 4.69) is 36.7 Å². The summed E-state index contributed by atoms with van der Waals surface area (Å²) in [6.07, 6.45) is 0.818. The number of hydrogen-bond donors (Lipinski definition) is 0. The van der Waals surface area contributed by atoms with Crippen LogP contribution in [0.2, 0.25) is 0 Å². The average Bonchev–Trinajstić information content (AvgIpc) is 2.27. The second kappa shape index (κ2) is 4.83. The summed E-state index contributed by atoms with van der Waals surface area (Å²) < 4.78 is 12.9. The summed E-state index contributed by atoms with van der Waals surface area (Å²) >= 11 is 3.45. The van der Waals surface area contributed by atoms with Crippen LogP contribution in [0.5, 0.6) is 0 Å². The number of alkyl halides is 1. The van der Waals surface area contributed by atoms with Crippen LogP contribution in [0.15, 0.2) is 18.2 Å². The van der Waals surface area contributed by atoms with Crippen molar-refractivity contribution in [3.05, 3.63) is 29.6 Å². The largest absolute Gasteiger partial charge is 0.305 e. The van der Waals surface area contributed by atoms with Crippen molar-refractivity contribution in [3.8, 4) is 0 Å². The van der Waals surface area contributed by atoms with Gasteiger partial charge >= 0.3 is 0 Å². The van der Waals surface area contributed by atoms with E-state index < -0.39 is 4.32 Å². The van der Waals surface area contributed by atoms with E-state index in [1.165, 1.54) is 6.07 Å². The maximum Gasteiger partial charge on any atom is 0.243 e. The number of fused-ring (bicyclic) bond motifs is 1. The first-order valence-electron chi connectivity index (χ1n) is 6.87. The highest BCUT2D eigenvalue weighted by atomic mass is 79.9. The summed E-state index contributed by atoms with van der Waals surface area (Å²) in [5.74, 6) is -0.0127. The van der Waals surface area contributed by atoms with E-state index in [1.54, 1.807) is 12.1 Å². The third-order valence-electron chi connectivity index (χ3n) is 3.88. The van der Waals surface area contributed by atoms with Crippen molar-refractivity contribution in [1.29, 1.82) is 0 Å². The number of nitrogens with zero attached hydrogens (tertiary/aromatic N) is 1. The normalized spacial score (nSPS) is 21.6. The van der Waals surface area contributed by atoms with Gasteiger partial charge in [0.25, 0.3) is 0 Å². The van der Waals surface area contributed by atoms with Crippen LogP contribution in [0.25, 0.3) is 0 Å². The lowest BCUT2D eigenvalue weighted by molar-refractivity contribution is -0.121. The van der Waals surface area contributed by atoms with E-state index in [1.807, 2.05) is 18.7 Å². The van der Waals surface area contributed by atoms with Gasteiger partial charge < -0.3 is 4.90 Å². The maximum atomic E-state index is 13.5. The third-order valence-corrected chi connectivity index (χ3v) is 4.22. The van der Waals surface area contributed by atoms with Crippen LogP contribution in [-0.4, -0.2) is 15.8 Å². The van der Waals surface area contributed by atoms with Gasteiger partial charge in [0, 0.05) is 11.2 Å². The van der Waals surface area contributed by atoms with Crippen molar-refractivity contribution in [3.63, 3.8) is 0 Å². The third kappa shape index (κ3) is 2.62. The van der Waals surface area contributed by atoms with Crippen molar-refractivity contribution in [2.75, 3.05) is 4.90 Å². The molecule has 2 nitrogen and oxygen atoms in total. The standard InChI is InChI=1S/C16H21BrFNO/c1-10-9-15(2,3)19(14(20)16(4,5)17)13-7-6-11(18)8-12(10)13/h6-8,10H,9H2,1-5H3/t10-/m0/s1. The van der Waals surface area contributed by atoms with Crippen LogP contribution in [0.3, 0.4) is 0 Å². The Morgan fingerprint density at radius 3 is 2.60 bits per heavy atom. The molecule has 0 spiro atoms. The van der Waals surface area contributed by atoms with E-state index in [0.29, 0.717) is 0 Å². The van der Waals surface area contributed by atoms with Gasteiger partial charge in [0.2, 0.25) is 5.91 Å². The topological polar surface area (TPSA) is 20.3 Å². The van der Waals surface area contributed by atoms with E-state index in [0.717, 1.165) is 17.7 Å². The molecule has 0 N–H and O–H groups in total. The minimum atomic E-state index is -0.642. The molecule has 1 heterocycles. The van der Waals surface area contributed by atoms with Gasteiger partial charge in [0.15, 0.2) is 0 Å². The summed E-state index contributed by atoms with van der Waals surface area (Å²) in [4.78, 5) is 14.6. The van der Waals surface area contributed by atoms with Gasteiger partial charge in [-0.25, -0.2) is 4.39 Å². The highest BCUT2D eigenvalue weighted by molar-refractivity contribution is 9.10. The van der Waals surface area contributed by atoms with Gasteiger partial charge in [0.05, 0.1) is 4.32 Å². The molecule has 0 saturated carbocycles. The van der Waals surface area contributed by atoms with Gasteiger partial charge in [-0.05, 0) is 63.8 Å². The number of rotatable bonds is 1. The van der Waals surface area contributed by atoms with E-state index >= 15 is 0 Å². The fraction of sp³-hybridized carbons (Fsp3) is 0.562. The van der Waals surface area contributed by atoms with Gasteiger partial charge in [0.1, 0.15) is 5.82 Å². The highest BCUT2D eigenvalue weighted by Crippen LogP contribution is 2.45. The van der Waals surface area contributed by atoms with Crippen molar-refractivity contribution in [1.82, 2.24) is 0 Å². The molecule has 1 amide bonds. The number of hydrogen-bond acceptors (Lipinski definition) is 1. The van der Waals surface area contributed by atoms with Crippen molar-refractivity contribution < 1.29 is 9.18 Å². The minimum absolute atomic E-state index is 0.00209. The van der Waals surface area contributed by atoms with Crippen LogP contribution < -0.4 is 4.90 Å². The van der Waals surface area contributed by atoms with E-state index in [-0.39, 0.29) is 23.2 Å². The number of halogens is 2. The molecule has 1 aromatic rings. The van der Waals surface area contributed by atoms with Crippen LogP contribution >= 0.6 is 15.9 Å². The predicted octanol–water partition coefficient (Wildman–Crippen LogP) is 4.62. The Bertz CT molecular complexity index is 548. The molecular formula is C16H21BrFNO. The molecule has 1 aromatic carbocycles. The van der Waals surface area contributed by atoms with Crippen LogP contribution in [0.1, 0.15) is 52.5 Å². The fourth-order valence-electron chi connectivity index (χ4n) is 3.05. The smallest absolute Gasteiger partial charge is 0.243 e. The molecule has 0 fully saturated rings. The number of anilines is 1. The summed E-state index contributed by atoms with van der Waals surface area (Å²) in [7, 11) is 0. The van der Waals surface area contributed by atoms with Crippen molar-refractivity contribution in [2.45, 2.75) is 56.8 Å². The van der Waals surface area contributed by atoms with E-state index in [4.69, 9.17) is 0 Å². The highest BCUT2D eigenvalue weighted by Gasteiger charge is 2.43. The molecular weight excluding hydrogens is 321 g/mol. The van der Waals surface area contributed by atoms with Gasteiger partial charge in [-0.3, -0.25) is 4.79 Å².